The van der Waals surface area contributed by atoms with Gasteiger partial charge in [-0.1, -0.05) is 23.7 Å². The van der Waals surface area contributed by atoms with Gasteiger partial charge in [-0.05, 0) is 74.1 Å². The molecule has 2 aromatic carbocycles. The molecule has 0 saturated carbocycles. The number of nitro benzene ring substituents is 1. The summed E-state index contributed by atoms with van der Waals surface area (Å²) in [5.41, 5.74) is 3.84. The van der Waals surface area contributed by atoms with Crippen LogP contribution in [0.3, 0.4) is 0 Å². The number of aromatic nitrogens is 1. The summed E-state index contributed by atoms with van der Waals surface area (Å²) in [5.74, 6) is -0.302. The van der Waals surface area contributed by atoms with Crippen LogP contribution in [-0.4, -0.2) is 46.4 Å². The number of pyridine rings is 1. The lowest BCUT2D eigenvalue weighted by Gasteiger charge is -2.09. The molecule has 0 aliphatic rings. The van der Waals surface area contributed by atoms with Crippen LogP contribution in [0, 0.1) is 10.1 Å². The van der Waals surface area contributed by atoms with Gasteiger partial charge in [-0.25, -0.2) is 0 Å². The molecule has 0 spiro atoms. The molecular weight excluding hydrogens is 454 g/mol. The average molecular weight is 476 g/mol. The molecule has 4 rings (SSSR count). The van der Waals surface area contributed by atoms with Crippen LogP contribution in [0.4, 0.5) is 5.69 Å². The predicted octanol–water partition coefficient (Wildman–Crippen LogP) is 5.07. The summed E-state index contributed by atoms with van der Waals surface area (Å²) in [6.45, 7) is 0.209. The van der Waals surface area contributed by atoms with Crippen LogP contribution >= 0.6 is 11.6 Å². The minimum absolute atomic E-state index is 0.0349. The van der Waals surface area contributed by atoms with Crippen LogP contribution in [0.2, 0.25) is 5.02 Å². The molecule has 0 saturated heterocycles. The lowest BCUT2D eigenvalue weighted by molar-refractivity contribution is -0.384. The Morgan fingerprint density at radius 3 is 2.26 bits per heavy atom. The van der Waals surface area contributed by atoms with E-state index >= 15 is 0 Å². The maximum atomic E-state index is 13.3. The average Bonchev–Trinajstić information content (AvgIpc) is 3.18. The van der Waals surface area contributed by atoms with Crippen LogP contribution in [0.25, 0.3) is 5.52 Å². The van der Waals surface area contributed by atoms with E-state index in [2.05, 4.69) is 0 Å². The first-order chi connectivity index (χ1) is 16.2. The zero-order valence-corrected chi connectivity index (χ0v) is 19.5. The van der Waals surface area contributed by atoms with Gasteiger partial charge in [0.05, 0.1) is 22.7 Å². The summed E-state index contributed by atoms with van der Waals surface area (Å²) < 4.78 is 1.74. The summed E-state index contributed by atoms with van der Waals surface area (Å²) in [4.78, 5) is 38.5. The van der Waals surface area contributed by atoms with Gasteiger partial charge in [0.1, 0.15) is 0 Å². The van der Waals surface area contributed by atoms with Crippen LogP contribution in [-0.2, 0) is 6.42 Å². The van der Waals surface area contributed by atoms with Crippen molar-refractivity contribution in [2.75, 3.05) is 20.6 Å². The number of Topliss-reactive ketones (excluding diaryl/α,β-unsaturated/α-hetero) is 1. The second kappa shape index (κ2) is 9.59. The molecule has 0 unspecified atom stereocenters. The zero-order chi connectivity index (χ0) is 24.4. The number of ketones is 2. The van der Waals surface area contributed by atoms with E-state index in [9.17, 15) is 19.7 Å². The predicted molar refractivity (Wildman–Crippen MR) is 131 cm³/mol. The minimum atomic E-state index is -0.432. The molecule has 0 bridgehead atoms. The fraction of sp³-hybridized carbons (Fsp3) is 0.154. The number of likely N-dealkylation sites (N-methyl/N-ethyl adjacent to an activating group) is 1. The molecule has 8 heteroatoms. The molecule has 4 aromatic rings. The summed E-state index contributed by atoms with van der Waals surface area (Å²) >= 11 is 5.96. The summed E-state index contributed by atoms with van der Waals surface area (Å²) in [7, 11) is 3.63. The number of hydrogen-bond acceptors (Lipinski definition) is 5. The quantitative estimate of drug-likeness (QED) is 0.202. The summed E-state index contributed by atoms with van der Waals surface area (Å²) in [6.07, 6.45) is 2.31. The Morgan fingerprint density at radius 2 is 1.65 bits per heavy atom. The lowest BCUT2D eigenvalue weighted by atomic mass is 10.0. The van der Waals surface area contributed by atoms with E-state index in [1.165, 1.54) is 12.1 Å². The van der Waals surface area contributed by atoms with Gasteiger partial charge in [-0.3, -0.25) is 19.7 Å². The first-order valence-corrected chi connectivity index (χ1v) is 11.0. The molecule has 0 atom stereocenters. The standard InChI is InChI=1S/C26H22ClN3O4/c1-28(2)16-25(31)22-15-24(26(32)19-5-7-20(27)8-6-19)29-12-11-18(14-23(22)29)13-17-3-9-21(10-4-17)30(33)34/h3-12,14-15H,13,16H2,1-2H3. The van der Waals surface area contributed by atoms with Crippen molar-refractivity contribution in [3.05, 3.63) is 116 Å². The largest absolute Gasteiger partial charge is 0.313 e. The summed E-state index contributed by atoms with van der Waals surface area (Å²) in [5, 5.41) is 11.4. The highest BCUT2D eigenvalue weighted by molar-refractivity contribution is 6.30. The first kappa shape index (κ1) is 23.4. The van der Waals surface area contributed by atoms with Gasteiger partial charge in [-0.2, -0.15) is 0 Å². The van der Waals surface area contributed by atoms with Crippen molar-refractivity contribution in [2.45, 2.75) is 6.42 Å². The van der Waals surface area contributed by atoms with E-state index in [0.717, 1.165) is 11.1 Å². The molecule has 2 heterocycles. The third kappa shape index (κ3) is 4.90. The van der Waals surface area contributed by atoms with E-state index in [1.807, 2.05) is 26.2 Å². The van der Waals surface area contributed by atoms with Crippen molar-refractivity contribution in [1.82, 2.24) is 9.30 Å². The minimum Gasteiger partial charge on any atom is -0.313 e. The highest BCUT2D eigenvalue weighted by Gasteiger charge is 2.21. The Hall–Kier alpha value is -3.81. The van der Waals surface area contributed by atoms with Gasteiger partial charge < -0.3 is 9.30 Å². The third-order valence-electron chi connectivity index (χ3n) is 5.49. The van der Waals surface area contributed by atoms with Crippen molar-refractivity contribution in [3.8, 4) is 0 Å². The third-order valence-corrected chi connectivity index (χ3v) is 5.74. The highest BCUT2D eigenvalue weighted by Crippen LogP contribution is 2.24. The molecule has 34 heavy (non-hydrogen) atoms. The fourth-order valence-electron chi connectivity index (χ4n) is 3.84. The van der Waals surface area contributed by atoms with E-state index in [1.54, 1.807) is 58.0 Å². The van der Waals surface area contributed by atoms with Gasteiger partial charge >= 0.3 is 0 Å². The van der Waals surface area contributed by atoms with Gasteiger partial charge in [0.15, 0.2) is 5.78 Å². The number of rotatable bonds is 8. The van der Waals surface area contributed by atoms with Crippen molar-refractivity contribution in [2.24, 2.45) is 0 Å². The number of nitro groups is 1. The SMILES string of the molecule is CN(C)CC(=O)c1cc(C(=O)c2ccc(Cl)cc2)n2ccc(Cc3ccc([N+](=O)[O-])cc3)cc12. The number of nitrogens with zero attached hydrogens (tertiary/aromatic N) is 3. The Kier molecular flexibility index (Phi) is 6.58. The van der Waals surface area contributed by atoms with Gasteiger partial charge in [0.2, 0.25) is 5.78 Å². The van der Waals surface area contributed by atoms with E-state index in [-0.39, 0.29) is 23.8 Å². The van der Waals surface area contributed by atoms with Crippen LogP contribution in [0.15, 0.2) is 72.9 Å². The van der Waals surface area contributed by atoms with E-state index in [4.69, 9.17) is 11.6 Å². The number of carbonyl (C=O) groups is 2. The molecule has 172 valence electrons. The molecular formula is C26H22ClN3O4. The highest BCUT2D eigenvalue weighted by atomic mass is 35.5. The Labute approximate surface area is 201 Å². The lowest BCUT2D eigenvalue weighted by Crippen LogP contribution is -2.21. The van der Waals surface area contributed by atoms with Crippen LogP contribution in [0.5, 0.6) is 0 Å². The molecule has 2 aromatic heterocycles. The normalized spacial score (nSPS) is 11.2. The molecule has 0 amide bonds. The van der Waals surface area contributed by atoms with E-state index < -0.39 is 4.92 Å². The number of fused-ring (bicyclic) bond motifs is 1. The smallest absolute Gasteiger partial charge is 0.269 e. The molecule has 0 N–H and O–H groups in total. The van der Waals surface area contributed by atoms with Crippen LogP contribution in [0.1, 0.15) is 37.5 Å². The summed E-state index contributed by atoms with van der Waals surface area (Å²) in [6, 6.07) is 18.4. The number of hydrogen-bond donors (Lipinski definition) is 0. The van der Waals surface area contributed by atoms with Crippen molar-refractivity contribution >= 4 is 34.4 Å². The molecule has 7 nitrogen and oxygen atoms in total. The first-order valence-electron chi connectivity index (χ1n) is 10.6. The van der Waals surface area contributed by atoms with E-state index in [0.29, 0.717) is 33.8 Å². The monoisotopic (exact) mass is 475 g/mol. The van der Waals surface area contributed by atoms with Crippen molar-refractivity contribution in [1.29, 1.82) is 0 Å². The number of carbonyl (C=O) groups excluding carboxylic acids is 2. The Bertz CT molecular complexity index is 1390. The van der Waals surface area contributed by atoms with Crippen molar-refractivity contribution in [3.63, 3.8) is 0 Å². The fourth-order valence-corrected chi connectivity index (χ4v) is 3.97. The Balaban J connectivity index is 1.75. The molecule has 0 radical (unpaired) electrons. The maximum Gasteiger partial charge on any atom is 0.269 e. The van der Waals surface area contributed by atoms with Crippen LogP contribution < -0.4 is 0 Å². The molecule has 0 aliphatic heterocycles. The second-order valence-electron chi connectivity index (χ2n) is 8.33. The Morgan fingerprint density at radius 1 is 0.971 bits per heavy atom. The number of non-ortho nitro benzene ring substituents is 1. The number of halogens is 1. The maximum absolute atomic E-state index is 13.3. The topological polar surface area (TPSA) is 84.9 Å². The van der Waals surface area contributed by atoms with Gasteiger partial charge in [-0.15, -0.1) is 0 Å². The number of benzene rings is 2. The van der Waals surface area contributed by atoms with Crippen molar-refractivity contribution < 1.29 is 14.5 Å². The molecule has 0 aliphatic carbocycles. The second-order valence-corrected chi connectivity index (χ2v) is 8.77. The zero-order valence-electron chi connectivity index (χ0n) is 18.7. The molecule has 0 fully saturated rings. The van der Waals surface area contributed by atoms with Gasteiger partial charge in [0.25, 0.3) is 5.69 Å². The van der Waals surface area contributed by atoms with Gasteiger partial charge in [0, 0.05) is 34.5 Å².